The summed E-state index contributed by atoms with van der Waals surface area (Å²) in [5.41, 5.74) is 2.49. The molecule has 0 N–H and O–H groups in total. The monoisotopic (exact) mass is 551 g/mol. The first-order chi connectivity index (χ1) is 18.4. The Hall–Kier alpha value is -3.16. The minimum absolute atomic E-state index is 0.0149. The first-order valence-electron chi connectivity index (χ1n) is 13.1. The van der Waals surface area contributed by atoms with Gasteiger partial charge in [0.2, 0.25) is 11.8 Å². The Morgan fingerprint density at radius 3 is 2.32 bits per heavy atom. The number of anilines is 1. The van der Waals surface area contributed by atoms with Gasteiger partial charge in [0.1, 0.15) is 6.54 Å². The first kappa shape index (κ1) is 26.4. The zero-order chi connectivity index (χ0) is 26.6. The number of amides is 2. The molecule has 2 fully saturated rings. The molecule has 7 nitrogen and oxygen atoms in total. The van der Waals surface area contributed by atoms with E-state index in [-0.39, 0.29) is 30.3 Å². The molecule has 2 aliphatic rings. The molecule has 198 valence electrons. The first-order valence-corrected chi connectivity index (χ1v) is 13.8. The van der Waals surface area contributed by atoms with Gasteiger partial charge in [0, 0.05) is 42.7 Å². The summed E-state index contributed by atoms with van der Waals surface area (Å²) in [6.45, 7) is 4.53. The van der Waals surface area contributed by atoms with Crippen LogP contribution in [0.25, 0.3) is 11.3 Å². The molecule has 1 saturated carbocycles. The van der Waals surface area contributed by atoms with Gasteiger partial charge in [-0.25, -0.2) is 0 Å². The molecule has 1 unspecified atom stereocenters. The van der Waals surface area contributed by atoms with E-state index in [1.807, 2.05) is 60.4 Å². The summed E-state index contributed by atoms with van der Waals surface area (Å²) in [4.78, 5) is 32.4. The van der Waals surface area contributed by atoms with Crippen molar-refractivity contribution in [2.75, 3.05) is 37.6 Å². The van der Waals surface area contributed by atoms with Gasteiger partial charge in [-0.3, -0.25) is 9.59 Å². The Morgan fingerprint density at radius 2 is 1.71 bits per heavy atom. The molecule has 1 aliphatic heterocycles. The van der Waals surface area contributed by atoms with Gasteiger partial charge < -0.3 is 14.7 Å². The molecular weight excluding hydrogens is 521 g/mol. The summed E-state index contributed by atoms with van der Waals surface area (Å²) >= 11 is 12.3. The molecule has 38 heavy (non-hydrogen) atoms. The standard InChI is InChI=1S/C29H31Cl2N5O2/c1-20(21-6-3-2-4-7-21)36(29(38)22-8-5-9-22)19-28(37)35-16-14-34(15-17-35)27-13-12-26(32-33-27)24-11-10-23(30)18-25(24)31/h2-4,6-7,10-13,18,20,22H,5,8-9,14-17,19H2,1H3. The van der Waals surface area contributed by atoms with E-state index >= 15 is 0 Å². The molecule has 0 spiro atoms. The average Bonchev–Trinajstić information content (AvgIpc) is 2.91. The third-order valence-corrected chi connectivity index (χ3v) is 8.15. The van der Waals surface area contributed by atoms with Crippen molar-refractivity contribution in [3.05, 3.63) is 76.3 Å². The maximum Gasteiger partial charge on any atom is 0.242 e. The Morgan fingerprint density at radius 1 is 0.974 bits per heavy atom. The molecule has 2 aromatic carbocycles. The molecule has 0 bridgehead atoms. The Balaban J connectivity index is 1.21. The molecule has 5 rings (SSSR count). The molecule has 1 atom stereocenters. The Bertz CT molecular complexity index is 1280. The van der Waals surface area contributed by atoms with E-state index in [1.54, 1.807) is 17.0 Å². The minimum Gasteiger partial charge on any atom is -0.352 e. The van der Waals surface area contributed by atoms with E-state index in [4.69, 9.17) is 23.2 Å². The van der Waals surface area contributed by atoms with Crippen LogP contribution < -0.4 is 4.90 Å². The highest BCUT2D eigenvalue weighted by atomic mass is 35.5. The van der Waals surface area contributed by atoms with Gasteiger partial charge in [0.25, 0.3) is 0 Å². The highest BCUT2D eigenvalue weighted by Gasteiger charge is 2.34. The summed E-state index contributed by atoms with van der Waals surface area (Å²) in [5, 5.41) is 9.86. The van der Waals surface area contributed by atoms with Crippen LogP contribution in [0, 0.1) is 5.92 Å². The number of rotatable bonds is 7. The van der Waals surface area contributed by atoms with Crippen molar-refractivity contribution in [2.45, 2.75) is 32.2 Å². The van der Waals surface area contributed by atoms with Crippen molar-refractivity contribution in [3.8, 4) is 11.3 Å². The summed E-state index contributed by atoms with van der Waals surface area (Å²) < 4.78 is 0. The maximum absolute atomic E-state index is 13.3. The third kappa shape index (κ3) is 5.79. The van der Waals surface area contributed by atoms with Crippen LogP contribution in [0.5, 0.6) is 0 Å². The van der Waals surface area contributed by atoms with Crippen molar-refractivity contribution in [1.82, 2.24) is 20.0 Å². The second-order valence-electron chi connectivity index (χ2n) is 9.95. The molecular formula is C29H31Cl2N5O2. The van der Waals surface area contributed by atoms with Crippen LogP contribution in [0.1, 0.15) is 37.8 Å². The van der Waals surface area contributed by atoms with Crippen LogP contribution >= 0.6 is 23.2 Å². The lowest BCUT2D eigenvalue weighted by Crippen LogP contribution is -2.53. The van der Waals surface area contributed by atoms with Gasteiger partial charge in [-0.2, -0.15) is 0 Å². The van der Waals surface area contributed by atoms with E-state index in [9.17, 15) is 9.59 Å². The van der Waals surface area contributed by atoms with Crippen LogP contribution in [0.15, 0.2) is 60.7 Å². The molecule has 1 saturated heterocycles. The molecule has 1 aliphatic carbocycles. The lowest BCUT2D eigenvalue weighted by molar-refractivity contribution is -0.147. The second kappa shape index (κ2) is 11.7. The molecule has 3 aromatic rings. The SMILES string of the molecule is CC(c1ccccc1)N(CC(=O)N1CCN(c2ccc(-c3ccc(Cl)cc3Cl)nn2)CC1)C(=O)C1CCC1. The third-order valence-electron chi connectivity index (χ3n) is 7.61. The van der Waals surface area contributed by atoms with Crippen molar-refractivity contribution in [2.24, 2.45) is 5.92 Å². The Kier molecular flexibility index (Phi) is 8.15. The summed E-state index contributed by atoms with van der Waals surface area (Å²) in [6, 6.07) is 18.9. The van der Waals surface area contributed by atoms with E-state index in [0.29, 0.717) is 41.9 Å². The molecule has 2 amide bonds. The van der Waals surface area contributed by atoms with Crippen LogP contribution in [0.4, 0.5) is 5.82 Å². The van der Waals surface area contributed by atoms with Gasteiger partial charge in [-0.05, 0) is 55.7 Å². The highest BCUT2D eigenvalue weighted by molar-refractivity contribution is 6.36. The number of hydrogen-bond donors (Lipinski definition) is 0. The van der Waals surface area contributed by atoms with E-state index in [0.717, 1.165) is 36.2 Å². The maximum atomic E-state index is 13.3. The topological polar surface area (TPSA) is 69.6 Å². The highest BCUT2D eigenvalue weighted by Crippen LogP contribution is 2.32. The molecule has 1 aromatic heterocycles. The lowest BCUT2D eigenvalue weighted by Gasteiger charge is -2.39. The second-order valence-corrected chi connectivity index (χ2v) is 10.8. The number of halogens is 2. The number of carbonyl (C=O) groups excluding carboxylic acids is 2. The fourth-order valence-electron chi connectivity index (χ4n) is 4.97. The summed E-state index contributed by atoms with van der Waals surface area (Å²) in [7, 11) is 0. The molecule has 9 heteroatoms. The average molecular weight is 553 g/mol. The normalized spacial score (nSPS) is 16.6. The van der Waals surface area contributed by atoms with Crippen molar-refractivity contribution >= 4 is 40.8 Å². The van der Waals surface area contributed by atoms with E-state index in [2.05, 4.69) is 15.1 Å². The fourth-order valence-corrected chi connectivity index (χ4v) is 5.48. The smallest absolute Gasteiger partial charge is 0.242 e. The van der Waals surface area contributed by atoms with Gasteiger partial charge in [-0.15, -0.1) is 10.2 Å². The fraction of sp³-hybridized carbons (Fsp3) is 0.379. The van der Waals surface area contributed by atoms with Crippen molar-refractivity contribution in [1.29, 1.82) is 0 Å². The molecule has 0 radical (unpaired) electrons. The number of nitrogens with zero attached hydrogens (tertiary/aromatic N) is 5. The van der Waals surface area contributed by atoms with Crippen molar-refractivity contribution in [3.63, 3.8) is 0 Å². The lowest BCUT2D eigenvalue weighted by atomic mass is 9.84. The summed E-state index contributed by atoms with van der Waals surface area (Å²) in [5.74, 6) is 0.871. The predicted octanol–water partition coefficient (Wildman–Crippen LogP) is 5.49. The van der Waals surface area contributed by atoms with Crippen LogP contribution in [-0.4, -0.2) is 64.5 Å². The number of hydrogen-bond acceptors (Lipinski definition) is 5. The zero-order valence-corrected chi connectivity index (χ0v) is 22.9. The van der Waals surface area contributed by atoms with Gasteiger partial charge in [0.15, 0.2) is 5.82 Å². The van der Waals surface area contributed by atoms with Crippen molar-refractivity contribution < 1.29 is 9.59 Å². The van der Waals surface area contributed by atoms with E-state index < -0.39 is 0 Å². The minimum atomic E-state index is -0.155. The Labute approximate surface area is 233 Å². The number of aromatic nitrogens is 2. The van der Waals surface area contributed by atoms with Crippen LogP contribution in [0.3, 0.4) is 0 Å². The number of piperazine rings is 1. The van der Waals surface area contributed by atoms with Gasteiger partial charge in [0.05, 0.1) is 16.8 Å². The molecule has 2 heterocycles. The number of benzene rings is 2. The predicted molar refractivity (Wildman–Crippen MR) is 150 cm³/mol. The van der Waals surface area contributed by atoms with Gasteiger partial charge in [-0.1, -0.05) is 60.0 Å². The van der Waals surface area contributed by atoms with Crippen LogP contribution in [0.2, 0.25) is 10.0 Å². The largest absolute Gasteiger partial charge is 0.352 e. The zero-order valence-electron chi connectivity index (χ0n) is 21.4. The van der Waals surface area contributed by atoms with Gasteiger partial charge >= 0.3 is 0 Å². The van der Waals surface area contributed by atoms with Crippen LogP contribution in [-0.2, 0) is 9.59 Å². The van der Waals surface area contributed by atoms with E-state index in [1.165, 1.54) is 0 Å². The summed E-state index contributed by atoms with van der Waals surface area (Å²) in [6.07, 6.45) is 2.90. The number of carbonyl (C=O) groups is 2. The quantitative estimate of drug-likeness (QED) is 0.388.